The van der Waals surface area contributed by atoms with Crippen molar-refractivity contribution in [2.24, 2.45) is 0 Å². The van der Waals surface area contributed by atoms with Crippen molar-refractivity contribution in [3.63, 3.8) is 0 Å². The van der Waals surface area contributed by atoms with Gasteiger partial charge in [0.1, 0.15) is 0 Å². The minimum atomic E-state index is -0.212. The van der Waals surface area contributed by atoms with Crippen LogP contribution >= 0.6 is 0 Å². The van der Waals surface area contributed by atoms with Crippen LogP contribution in [0.4, 0.5) is 0 Å². The lowest BCUT2D eigenvalue weighted by atomic mass is 10.0. The van der Waals surface area contributed by atoms with Crippen LogP contribution in [-0.4, -0.2) is 84.8 Å². The average Bonchev–Trinajstić information content (AvgIpc) is 3.01. The number of likely N-dealkylation sites (tertiary alicyclic amines) is 1. The van der Waals surface area contributed by atoms with Crippen LogP contribution in [0.1, 0.15) is 5.56 Å². The monoisotopic (exact) mass is 339 g/mol. The predicted octanol–water partition coefficient (Wildman–Crippen LogP) is 1.67. The molecule has 2 aliphatic heterocycles. The summed E-state index contributed by atoms with van der Waals surface area (Å²) in [4.78, 5) is 7.30. The Kier molecular flexibility index (Phi) is 5.04. The fourth-order valence-electron chi connectivity index (χ4n) is 4.33. The van der Waals surface area contributed by atoms with Gasteiger partial charge in [-0.05, 0) is 29.8 Å². The van der Waals surface area contributed by atoms with Crippen LogP contribution in [0.5, 0.6) is 0 Å². The van der Waals surface area contributed by atoms with Crippen LogP contribution in [-0.2, 0) is 6.42 Å². The molecule has 2 aromatic carbocycles. The molecule has 25 heavy (non-hydrogen) atoms. The minimum absolute atomic E-state index is 0.212. The predicted molar refractivity (Wildman–Crippen MR) is 103 cm³/mol. The Hall–Kier alpha value is -1.46. The van der Waals surface area contributed by atoms with Gasteiger partial charge >= 0.3 is 0 Å². The van der Waals surface area contributed by atoms with E-state index in [0.29, 0.717) is 6.04 Å². The van der Waals surface area contributed by atoms with Crippen LogP contribution < -0.4 is 0 Å². The van der Waals surface area contributed by atoms with Gasteiger partial charge in [-0.15, -0.1) is 0 Å². The third-order valence-electron chi connectivity index (χ3n) is 5.92. The molecule has 0 spiro atoms. The molecule has 2 atom stereocenters. The summed E-state index contributed by atoms with van der Waals surface area (Å²) in [6, 6.07) is 15.5. The van der Waals surface area contributed by atoms with Crippen molar-refractivity contribution >= 4 is 10.8 Å². The summed E-state index contributed by atoms with van der Waals surface area (Å²) >= 11 is 0. The van der Waals surface area contributed by atoms with Crippen molar-refractivity contribution < 1.29 is 5.11 Å². The first kappa shape index (κ1) is 17.0. The van der Waals surface area contributed by atoms with Crippen LogP contribution in [0, 0.1) is 0 Å². The van der Waals surface area contributed by atoms with Gasteiger partial charge in [0.2, 0.25) is 0 Å². The van der Waals surface area contributed by atoms with Crippen LogP contribution in [0.2, 0.25) is 0 Å². The second kappa shape index (κ2) is 7.42. The molecule has 0 radical (unpaired) electrons. The SMILES string of the molecule is CN1CCN([C@H]2CN(CCc3cccc4ccccc34)C[C@@H]2O)CC1. The molecule has 4 nitrogen and oxygen atoms in total. The summed E-state index contributed by atoms with van der Waals surface area (Å²) in [5.41, 5.74) is 1.41. The van der Waals surface area contributed by atoms with E-state index in [4.69, 9.17) is 0 Å². The van der Waals surface area contributed by atoms with Gasteiger partial charge in [0, 0.05) is 51.9 Å². The van der Waals surface area contributed by atoms with Crippen LogP contribution in [0.25, 0.3) is 10.8 Å². The van der Waals surface area contributed by atoms with E-state index >= 15 is 0 Å². The van der Waals surface area contributed by atoms with Gasteiger partial charge in [0.05, 0.1) is 6.10 Å². The number of likely N-dealkylation sites (N-methyl/N-ethyl adjacent to an activating group) is 1. The fourth-order valence-corrected chi connectivity index (χ4v) is 4.33. The standard InChI is InChI=1S/C21H29N3O/c1-22-11-13-24(14-12-22)20-15-23(16-21(20)25)10-9-18-7-4-6-17-5-2-3-8-19(17)18/h2-8,20-21,25H,9-16H2,1H3/t20-,21-/m0/s1. The zero-order chi connectivity index (χ0) is 17.2. The topological polar surface area (TPSA) is 30.0 Å². The quantitative estimate of drug-likeness (QED) is 0.918. The molecule has 2 fully saturated rings. The zero-order valence-electron chi connectivity index (χ0n) is 15.1. The van der Waals surface area contributed by atoms with E-state index in [2.05, 4.69) is 64.2 Å². The molecule has 0 aliphatic carbocycles. The molecule has 2 aromatic rings. The number of β-amino-alcohol motifs (C(OH)–C–C–N with tert-alkyl or cyclic N) is 1. The minimum Gasteiger partial charge on any atom is -0.390 e. The third-order valence-corrected chi connectivity index (χ3v) is 5.92. The second-order valence-corrected chi connectivity index (χ2v) is 7.62. The van der Waals surface area contributed by atoms with E-state index in [1.54, 1.807) is 0 Å². The Labute approximate surface area is 150 Å². The number of aliphatic hydroxyl groups excluding tert-OH is 1. The number of benzene rings is 2. The molecule has 134 valence electrons. The van der Waals surface area contributed by atoms with E-state index in [9.17, 15) is 5.11 Å². The average molecular weight is 339 g/mol. The molecule has 0 unspecified atom stereocenters. The highest BCUT2D eigenvalue weighted by Crippen LogP contribution is 2.21. The van der Waals surface area contributed by atoms with Crippen molar-refractivity contribution in [3.8, 4) is 0 Å². The van der Waals surface area contributed by atoms with E-state index in [1.807, 2.05) is 0 Å². The maximum atomic E-state index is 10.5. The Balaban J connectivity index is 1.37. The van der Waals surface area contributed by atoms with Crippen molar-refractivity contribution in [2.45, 2.75) is 18.6 Å². The summed E-state index contributed by atoms with van der Waals surface area (Å²) in [7, 11) is 2.18. The van der Waals surface area contributed by atoms with Crippen molar-refractivity contribution in [3.05, 3.63) is 48.0 Å². The molecule has 2 saturated heterocycles. The Bertz CT molecular complexity index is 706. The number of nitrogens with zero attached hydrogens (tertiary/aromatic N) is 3. The van der Waals surface area contributed by atoms with Gasteiger partial charge in [-0.25, -0.2) is 0 Å². The normalized spacial score (nSPS) is 26.5. The van der Waals surface area contributed by atoms with Crippen molar-refractivity contribution in [1.29, 1.82) is 0 Å². The smallest absolute Gasteiger partial charge is 0.0834 e. The Morgan fingerprint density at radius 1 is 0.960 bits per heavy atom. The first-order valence-corrected chi connectivity index (χ1v) is 9.50. The Morgan fingerprint density at radius 2 is 1.72 bits per heavy atom. The first-order valence-electron chi connectivity index (χ1n) is 9.50. The molecular weight excluding hydrogens is 310 g/mol. The van der Waals surface area contributed by atoms with Crippen molar-refractivity contribution in [2.75, 3.05) is 52.9 Å². The highest BCUT2D eigenvalue weighted by molar-refractivity contribution is 5.85. The summed E-state index contributed by atoms with van der Waals surface area (Å²) in [6.45, 7) is 7.20. The molecule has 2 aliphatic rings. The largest absolute Gasteiger partial charge is 0.390 e. The number of piperazine rings is 1. The third kappa shape index (κ3) is 3.72. The molecule has 1 N–H and O–H groups in total. The van der Waals surface area contributed by atoms with Crippen molar-refractivity contribution in [1.82, 2.24) is 14.7 Å². The van der Waals surface area contributed by atoms with E-state index in [-0.39, 0.29) is 6.10 Å². The van der Waals surface area contributed by atoms with Crippen LogP contribution in [0.3, 0.4) is 0 Å². The lowest BCUT2D eigenvalue weighted by Gasteiger charge is -2.37. The fraction of sp³-hybridized carbons (Fsp3) is 0.524. The summed E-state index contributed by atoms with van der Waals surface area (Å²) in [6.07, 6.45) is 0.833. The highest BCUT2D eigenvalue weighted by atomic mass is 16.3. The highest BCUT2D eigenvalue weighted by Gasteiger charge is 2.36. The van der Waals surface area contributed by atoms with E-state index in [1.165, 1.54) is 16.3 Å². The zero-order valence-corrected chi connectivity index (χ0v) is 15.1. The number of rotatable bonds is 4. The van der Waals surface area contributed by atoms with E-state index < -0.39 is 0 Å². The van der Waals surface area contributed by atoms with Crippen LogP contribution in [0.15, 0.2) is 42.5 Å². The summed E-state index contributed by atoms with van der Waals surface area (Å²) < 4.78 is 0. The van der Waals surface area contributed by atoms with Gasteiger partial charge in [-0.1, -0.05) is 42.5 Å². The molecule has 0 amide bonds. The number of aliphatic hydroxyl groups is 1. The molecule has 2 heterocycles. The first-order chi connectivity index (χ1) is 12.2. The molecule has 0 bridgehead atoms. The second-order valence-electron chi connectivity index (χ2n) is 7.62. The molecule has 4 heteroatoms. The van der Waals surface area contributed by atoms with Gasteiger partial charge in [0.25, 0.3) is 0 Å². The van der Waals surface area contributed by atoms with E-state index in [0.717, 1.165) is 52.2 Å². The lowest BCUT2D eigenvalue weighted by Crippen LogP contribution is -2.52. The summed E-state index contributed by atoms with van der Waals surface area (Å²) in [5, 5.41) is 13.2. The Morgan fingerprint density at radius 3 is 2.56 bits per heavy atom. The molecule has 0 aromatic heterocycles. The maximum Gasteiger partial charge on any atom is 0.0834 e. The summed E-state index contributed by atoms with van der Waals surface area (Å²) in [5.74, 6) is 0. The lowest BCUT2D eigenvalue weighted by molar-refractivity contribution is 0.0512. The number of hydrogen-bond acceptors (Lipinski definition) is 4. The maximum absolute atomic E-state index is 10.5. The van der Waals surface area contributed by atoms with Gasteiger partial charge in [0.15, 0.2) is 0 Å². The number of hydrogen-bond donors (Lipinski definition) is 1. The number of fused-ring (bicyclic) bond motifs is 1. The molecule has 4 rings (SSSR count). The van der Waals surface area contributed by atoms with Gasteiger partial charge in [-0.3, -0.25) is 9.80 Å². The van der Waals surface area contributed by atoms with Gasteiger partial charge in [-0.2, -0.15) is 0 Å². The molecule has 0 saturated carbocycles. The van der Waals surface area contributed by atoms with Gasteiger partial charge < -0.3 is 10.0 Å². The molecular formula is C21H29N3O.